The third kappa shape index (κ3) is 6.42. The van der Waals surface area contributed by atoms with Crippen molar-refractivity contribution in [2.75, 3.05) is 19.6 Å². The van der Waals surface area contributed by atoms with Crippen molar-refractivity contribution in [1.29, 1.82) is 0 Å². The molecule has 2 aromatic carbocycles. The second-order valence-corrected chi connectivity index (χ2v) is 5.73. The quantitative estimate of drug-likeness (QED) is 0.629. The summed E-state index contributed by atoms with van der Waals surface area (Å²) in [6.07, 6.45) is -4.46. The lowest BCUT2D eigenvalue weighted by Crippen LogP contribution is -2.40. The number of nitrogens with one attached hydrogen (secondary N) is 3. The highest BCUT2D eigenvalue weighted by molar-refractivity contribution is 5.96. The summed E-state index contributed by atoms with van der Waals surface area (Å²) in [5.74, 6) is -1.38. The van der Waals surface area contributed by atoms with E-state index in [1.807, 2.05) is 0 Å². The molecule has 0 atom stereocenters. The van der Waals surface area contributed by atoms with Gasteiger partial charge in [0.1, 0.15) is 0 Å². The molecule has 9 heteroatoms. The van der Waals surface area contributed by atoms with E-state index in [9.17, 15) is 27.6 Å². The summed E-state index contributed by atoms with van der Waals surface area (Å²) in [6.45, 7) is -0.0365. The number of benzene rings is 2. The summed E-state index contributed by atoms with van der Waals surface area (Å²) >= 11 is 0. The van der Waals surface area contributed by atoms with Gasteiger partial charge in [-0.1, -0.05) is 18.2 Å². The van der Waals surface area contributed by atoms with Gasteiger partial charge in [-0.15, -0.1) is 0 Å². The van der Waals surface area contributed by atoms with Crippen LogP contribution in [0.1, 0.15) is 26.3 Å². The Bertz CT molecular complexity index is 822. The first kappa shape index (κ1) is 20.9. The zero-order valence-electron chi connectivity index (χ0n) is 14.7. The molecular weight excluding hydrogens is 375 g/mol. The maximum atomic E-state index is 12.5. The van der Waals surface area contributed by atoms with Gasteiger partial charge in [-0.3, -0.25) is 14.4 Å². The van der Waals surface area contributed by atoms with Gasteiger partial charge in [0.25, 0.3) is 11.8 Å². The third-order valence-electron chi connectivity index (χ3n) is 3.65. The molecule has 0 fully saturated rings. The maximum absolute atomic E-state index is 12.5. The average Bonchev–Trinajstić information content (AvgIpc) is 2.69. The Balaban J connectivity index is 1.67. The monoisotopic (exact) mass is 393 g/mol. The van der Waals surface area contributed by atoms with E-state index in [-0.39, 0.29) is 31.1 Å². The van der Waals surface area contributed by atoms with Crippen molar-refractivity contribution in [3.8, 4) is 0 Å². The first-order valence-electron chi connectivity index (χ1n) is 8.33. The van der Waals surface area contributed by atoms with Gasteiger partial charge in [0.2, 0.25) is 5.91 Å². The summed E-state index contributed by atoms with van der Waals surface area (Å²) in [5.41, 5.74) is -0.331. The van der Waals surface area contributed by atoms with Crippen molar-refractivity contribution in [3.63, 3.8) is 0 Å². The lowest BCUT2D eigenvalue weighted by molar-refractivity contribution is -0.137. The van der Waals surface area contributed by atoms with E-state index in [1.54, 1.807) is 30.3 Å². The molecule has 0 aliphatic heterocycles. The van der Waals surface area contributed by atoms with Crippen molar-refractivity contribution in [1.82, 2.24) is 16.0 Å². The molecule has 148 valence electrons. The number of hydrogen-bond acceptors (Lipinski definition) is 3. The van der Waals surface area contributed by atoms with Gasteiger partial charge < -0.3 is 16.0 Å². The van der Waals surface area contributed by atoms with Gasteiger partial charge >= 0.3 is 6.18 Å². The van der Waals surface area contributed by atoms with Crippen LogP contribution in [-0.2, 0) is 11.0 Å². The number of carbonyl (C=O) groups is 3. The van der Waals surface area contributed by atoms with Crippen LogP contribution < -0.4 is 16.0 Å². The lowest BCUT2D eigenvalue weighted by Gasteiger charge is -2.09. The minimum Gasteiger partial charge on any atom is -0.353 e. The summed E-state index contributed by atoms with van der Waals surface area (Å²) in [7, 11) is 0. The Kier molecular flexibility index (Phi) is 7.14. The second-order valence-electron chi connectivity index (χ2n) is 5.73. The Morgan fingerprint density at radius 3 is 1.86 bits per heavy atom. The Labute approximate surface area is 159 Å². The van der Waals surface area contributed by atoms with Crippen LogP contribution in [0.5, 0.6) is 0 Å². The molecule has 2 rings (SSSR count). The van der Waals surface area contributed by atoms with E-state index in [0.717, 1.165) is 24.3 Å². The zero-order valence-corrected chi connectivity index (χ0v) is 14.7. The van der Waals surface area contributed by atoms with Crippen molar-refractivity contribution in [3.05, 3.63) is 71.3 Å². The molecule has 6 nitrogen and oxygen atoms in total. The van der Waals surface area contributed by atoms with Crippen molar-refractivity contribution < 1.29 is 27.6 Å². The fraction of sp³-hybridized carbons (Fsp3) is 0.211. The smallest absolute Gasteiger partial charge is 0.353 e. The van der Waals surface area contributed by atoms with Gasteiger partial charge in [0.05, 0.1) is 12.1 Å². The van der Waals surface area contributed by atoms with E-state index in [2.05, 4.69) is 16.0 Å². The molecule has 0 aliphatic carbocycles. The third-order valence-corrected chi connectivity index (χ3v) is 3.65. The van der Waals surface area contributed by atoms with Crippen LogP contribution in [0.2, 0.25) is 0 Å². The number of halogens is 3. The molecule has 0 saturated carbocycles. The molecule has 0 bridgehead atoms. The van der Waals surface area contributed by atoms with Crippen LogP contribution >= 0.6 is 0 Å². The second kappa shape index (κ2) is 9.54. The largest absolute Gasteiger partial charge is 0.416 e. The van der Waals surface area contributed by atoms with Gasteiger partial charge in [-0.2, -0.15) is 13.2 Å². The van der Waals surface area contributed by atoms with Crippen LogP contribution in [-0.4, -0.2) is 37.4 Å². The Morgan fingerprint density at radius 2 is 1.25 bits per heavy atom. The fourth-order valence-corrected chi connectivity index (χ4v) is 2.21. The Hall–Kier alpha value is -3.36. The summed E-state index contributed by atoms with van der Waals surface area (Å²) < 4.78 is 37.5. The SMILES string of the molecule is O=C(CNC(=O)c1ccccc1)NCCNC(=O)c1ccc(C(F)(F)F)cc1. The minimum absolute atomic E-state index is 0.0782. The van der Waals surface area contributed by atoms with Gasteiger partial charge in [0.15, 0.2) is 0 Å². The fourth-order valence-electron chi connectivity index (χ4n) is 2.21. The van der Waals surface area contributed by atoms with Gasteiger partial charge in [-0.25, -0.2) is 0 Å². The molecule has 2 aromatic rings. The molecule has 0 heterocycles. The number of amides is 3. The van der Waals surface area contributed by atoms with Gasteiger partial charge in [-0.05, 0) is 36.4 Å². The number of hydrogen-bond donors (Lipinski definition) is 3. The summed E-state index contributed by atoms with van der Waals surface area (Å²) in [6, 6.07) is 12.2. The molecule has 0 spiro atoms. The first-order chi connectivity index (χ1) is 13.3. The maximum Gasteiger partial charge on any atom is 0.416 e. The van der Waals surface area contributed by atoms with Crippen molar-refractivity contribution in [2.24, 2.45) is 0 Å². The topological polar surface area (TPSA) is 87.3 Å². The Morgan fingerprint density at radius 1 is 0.714 bits per heavy atom. The number of carbonyl (C=O) groups excluding carboxylic acids is 3. The van der Waals surface area contributed by atoms with E-state index >= 15 is 0 Å². The van der Waals surface area contributed by atoms with E-state index < -0.39 is 23.6 Å². The molecule has 0 aromatic heterocycles. The molecule has 0 aliphatic rings. The normalized spacial score (nSPS) is 10.8. The predicted octanol–water partition coefficient (Wildman–Crippen LogP) is 1.98. The average molecular weight is 393 g/mol. The van der Waals surface area contributed by atoms with Crippen LogP contribution in [0.25, 0.3) is 0 Å². The molecule has 3 N–H and O–H groups in total. The molecule has 3 amide bonds. The van der Waals surface area contributed by atoms with Crippen molar-refractivity contribution in [2.45, 2.75) is 6.18 Å². The van der Waals surface area contributed by atoms with Crippen LogP contribution in [0.3, 0.4) is 0 Å². The summed E-state index contributed by atoms with van der Waals surface area (Å²) in [5, 5.41) is 7.45. The minimum atomic E-state index is -4.46. The van der Waals surface area contributed by atoms with Crippen LogP contribution in [0.4, 0.5) is 13.2 Å². The highest BCUT2D eigenvalue weighted by atomic mass is 19.4. The van der Waals surface area contributed by atoms with Crippen LogP contribution in [0.15, 0.2) is 54.6 Å². The number of rotatable bonds is 7. The molecular formula is C19H18F3N3O3. The van der Waals surface area contributed by atoms with E-state index in [1.165, 1.54) is 0 Å². The highest BCUT2D eigenvalue weighted by Gasteiger charge is 2.30. The summed E-state index contributed by atoms with van der Waals surface area (Å²) in [4.78, 5) is 35.3. The zero-order chi connectivity index (χ0) is 20.6. The van der Waals surface area contributed by atoms with E-state index in [4.69, 9.17) is 0 Å². The molecule has 28 heavy (non-hydrogen) atoms. The van der Waals surface area contributed by atoms with E-state index in [0.29, 0.717) is 5.56 Å². The number of alkyl halides is 3. The van der Waals surface area contributed by atoms with Crippen molar-refractivity contribution >= 4 is 17.7 Å². The van der Waals surface area contributed by atoms with Gasteiger partial charge in [0, 0.05) is 24.2 Å². The molecule has 0 radical (unpaired) electrons. The van der Waals surface area contributed by atoms with Crippen LogP contribution in [0, 0.1) is 0 Å². The lowest BCUT2D eigenvalue weighted by atomic mass is 10.1. The molecule has 0 unspecified atom stereocenters. The molecule has 0 saturated heterocycles. The standard InChI is InChI=1S/C19H18F3N3O3/c20-19(21,22)15-8-6-14(7-9-15)17(27)24-11-10-23-16(26)12-25-18(28)13-4-2-1-3-5-13/h1-9H,10-12H2,(H,23,26)(H,24,27)(H,25,28). The first-order valence-corrected chi connectivity index (χ1v) is 8.33. The predicted molar refractivity (Wildman–Crippen MR) is 95.6 cm³/mol. The highest BCUT2D eigenvalue weighted by Crippen LogP contribution is 2.28.